The molecule has 1 N–H and O–H groups in total. The summed E-state index contributed by atoms with van der Waals surface area (Å²) in [6, 6.07) is 13.0. The molecule has 0 saturated carbocycles. The van der Waals surface area contributed by atoms with Crippen molar-refractivity contribution in [2.45, 2.75) is 6.42 Å². The third-order valence-electron chi connectivity index (χ3n) is 4.17. The van der Waals surface area contributed by atoms with Crippen molar-refractivity contribution in [3.05, 3.63) is 59.1 Å². The number of hydrogen-bond acceptors (Lipinski definition) is 6. The fourth-order valence-electron chi connectivity index (χ4n) is 2.75. The molecule has 0 bridgehead atoms. The van der Waals surface area contributed by atoms with E-state index in [2.05, 4.69) is 10.3 Å². The van der Waals surface area contributed by atoms with Crippen molar-refractivity contribution in [3.63, 3.8) is 0 Å². The molecule has 0 fully saturated rings. The molecule has 138 valence electrons. The van der Waals surface area contributed by atoms with Crippen molar-refractivity contribution in [1.29, 1.82) is 0 Å². The van der Waals surface area contributed by atoms with Crippen LogP contribution in [0.2, 0.25) is 0 Å². The third-order valence-corrected chi connectivity index (χ3v) is 5.11. The van der Waals surface area contributed by atoms with E-state index in [0.29, 0.717) is 30.0 Å². The predicted octanol–water partition coefficient (Wildman–Crippen LogP) is 3.52. The van der Waals surface area contributed by atoms with Crippen molar-refractivity contribution in [2.24, 2.45) is 0 Å². The highest BCUT2D eigenvalue weighted by molar-refractivity contribution is 7.13. The first-order valence-corrected chi connectivity index (χ1v) is 9.37. The molecule has 1 aliphatic rings. The summed E-state index contributed by atoms with van der Waals surface area (Å²) in [5.41, 5.74) is 2.52. The molecule has 2 aromatic carbocycles. The predicted molar refractivity (Wildman–Crippen MR) is 103 cm³/mol. The molecule has 0 atom stereocenters. The second-order valence-electron chi connectivity index (χ2n) is 5.95. The van der Waals surface area contributed by atoms with E-state index in [1.54, 1.807) is 36.6 Å². The molecule has 1 aliphatic heterocycles. The Hall–Kier alpha value is -3.06. The number of methoxy groups -OCH3 is 1. The van der Waals surface area contributed by atoms with E-state index in [1.807, 2.05) is 29.6 Å². The van der Waals surface area contributed by atoms with Gasteiger partial charge in [0.25, 0.3) is 5.91 Å². The van der Waals surface area contributed by atoms with Crippen LogP contribution in [0.1, 0.15) is 16.1 Å². The molecule has 3 aromatic rings. The average molecular weight is 382 g/mol. The monoisotopic (exact) mass is 382 g/mol. The van der Waals surface area contributed by atoms with Gasteiger partial charge in [0, 0.05) is 29.5 Å². The van der Waals surface area contributed by atoms with Crippen LogP contribution in [0.3, 0.4) is 0 Å². The molecule has 0 aliphatic carbocycles. The minimum Gasteiger partial charge on any atom is -0.497 e. The van der Waals surface area contributed by atoms with E-state index >= 15 is 0 Å². The van der Waals surface area contributed by atoms with Crippen LogP contribution >= 0.6 is 11.3 Å². The first kappa shape index (κ1) is 17.4. The summed E-state index contributed by atoms with van der Waals surface area (Å²) in [4.78, 5) is 16.9. The van der Waals surface area contributed by atoms with E-state index in [0.717, 1.165) is 22.0 Å². The zero-order chi connectivity index (χ0) is 18.6. The summed E-state index contributed by atoms with van der Waals surface area (Å²) in [6.45, 7) is 0.703. The number of ether oxygens (including phenoxy) is 3. The topological polar surface area (TPSA) is 69.7 Å². The normalized spacial score (nSPS) is 12.0. The van der Waals surface area contributed by atoms with Gasteiger partial charge in [-0.3, -0.25) is 4.79 Å². The second kappa shape index (κ2) is 7.67. The Morgan fingerprint density at radius 2 is 2.11 bits per heavy atom. The zero-order valence-electron chi connectivity index (χ0n) is 14.7. The smallest absolute Gasteiger partial charge is 0.251 e. The van der Waals surface area contributed by atoms with E-state index in [9.17, 15) is 4.79 Å². The zero-order valence-corrected chi connectivity index (χ0v) is 15.5. The second-order valence-corrected chi connectivity index (χ2v) is 6.81. The molecule has 7 heteroatoms. The molecule has 2 heterocycles. The Bertz CT molecular complexity index is 970. The quantitative estimate of drug-likeness (QED) is 0.706. The van der Waals surface area contributed by atoms with Crippen LogP contribution in [-0.4, -0.2) is 31.3 Å². The Labute approximate surface area is 160 Å². The van der Waals surface area contributed by atoms with Crippen molar-refractivity contribution in [3.8, 4) is 27.8 Å². The molecule has 4 rings (SSSR count). The van der Waals surface area contributed by atoms with Crippen LogP contribution in [0, 0.1) is 0 Å². The summed E-state index contributed by atoms with van der Waals surface area (Å²) in [6.07, 6.45) is 0.663. The lowest BCUT2D eigenvalue weighted by atomic mass is 10.2. The fraction of sp³-hybridized carbons (Fsp3) is 0.200. The number of nitrogens with one attached hydrogen (secondary N) is 1. The van der Waals surface area contributed by atoms with Gasteiger partial charge in [-0.05, 0) is 30.3 Å². The van der Waals surface area contributed by atoms with Crippen molar-refractivity contribution in [2.75, 3.05) is 20.4 Å². The van der Waals surface area contributed by atoms with Crippen molar-refractivity contribution < 1.29 is 19.0 Å². The van der Waals surface area contributed by atoms with Crippen LogP contribution in [0.25, 0.3) is 10.6 Å². The molecular weight excluding hydrogens is 364 g/mol. The number of carbonyl (C=O) groups excluding carboxylic acids is 1. The number of nitrogens with zero attached hydrogens (tertiary/aromatic N) is 1. The number of aromatic nitrogens is 1. The van der Waals surface area contributed by atoms with Gasteiger partial charge < -0.3 is 19.5 Å². The molecule has 0 spiro atoms. The Kier molecular flexibility index (Phi) is 4.93. The number of rotatable bonds is 6. The highest BCUT2D eigenvalue weighted by Crippen LogP contribution is 2.32. The number of hydrogen-bond donors (Lipinski definition) is 1. The van der Waals surface area contributed by atoms with E-state index in [4.69, 9.17) is 14.2 Å². The van der Waals surface area contributed by atoms with Gasteiger partial charge in [-0.1, -0.05) is 12.1 Å². The summed E-state index contributed by atoms with van der Waals surface area (Å²) < 4.78 is 15.8. The molecule has 1 amide bonds. The summed E-state index contributed by atoms with van der Waals surface area (Å²) in [5, 5.41) is 5.87. The average Bonchev–Trinajstić information content (AvgIpc) is 3.36. The first-order chi connectivity index (χ1) is 13.2. The fourth-order valence-corrected chi connectivity index (χ4v) is 3.61. The first-order valence-electron chi connectivity index (χ1n) is 8.49. The highest BCUT2D eigenvalue weighted by Gasteiger charge is 2.16. The maximum absolute atomic E-state index is 12.3. The number of amides is 1. The third kappa shape index (κ3) is 3.88. The molecule has 0 unspecified atom stereocenters. The van der Waals surface area contributed by atoms with Gasteiger partial charge in [-0.25, -0.2) is 4.98 Å². The van der Waals surface area contributed by atoms with E-state index < -0.39 is 0 Å². The number of carbonyl (C=O) groups is 1. The number of benzene rings is 2. The molecule has 0 radical (unpaired) electrons. The maximum Gasteiger partial charge on any atom is 0.251 e. The molecule has 1 aromatic heterocycles. The van der Waals surface area contributed by atoms with Gasteiger partial charge in [0.15, 0.2) is 11.5 Å². The van der Waals surface area contributed by atoms with Crippen LogP contribution in [0.4, 0.5) is 0 Å². The van der Waals surface area contributed by atoms with Crippen LogP contribution in [0.15, 0.2) is 47.8 Å². The molecule has 27 heavy (non-hydrogen) atoms. The number of fused-ring (bicyclic) bond motifs is 1. The maximum atomic E-state index is 12.3. The van der Waals surface area contributed by atoms with Gasteiger partial charge in [0.05, 0.1) is 12.8 Å². The van der Waals surface area contributed by atoms with Gasteiger partial charge in [0.2, 0.25) is 6.79 Å². The van der Waals surface area contributed by atoms with E-state index in [1.165, 1.54) is 0 Å². The van der Waals surface area contributed by atoms with Gasteiger partial charge in [-0.15, -0.1) is 11.3 Å². The summed E-state index contributed by atoms with van der Waals surface area (Å²) in [7, 11) is 1.65. The Morgan fingerprint density at radius 3 is 3.00 bits per heavy atom. The number of thiazole rings is 1. The van der Waals surface area contributed by atoms with E-state index in [-0.39, 0.29) is 12.7 Å². The largest absolute Gasteiger partial charge is 0.497 e. The Morgan fingerprint density at radius 1 is 1.22 bits per heavy atom. The van der Waals surface area contributed by atoms with Gasteiger partial charge in [0.1, 0.15) is 10.8 Å². The van der Waals surface area contributed by atoms with Gasteiger partial charge >= 0.3 is 0 Å². The van der Waals surface area contributed by atoms with Gasteiger partial charge in [-0.2, -0.15) is 0 Å². The SMILES string of the molecule is COc1cccc(-c2nc(CCNC(=O)c3ccc4c(c3)OCO4)cs2)c1. The minimum absolute atomic E-state index is 0.142. The highest BCUT2D eigenvalue weighted by atomic mass is 32.1. The molecular formula is C20H18N2O4S. The Balaban J connectivity index is 1.34. The van der Waals surface area contributed by atoms with Crippen LogP contribution in [-0.2, 0) is 6.42 Å². The lowest BCUT2D eigenvalue weighted by Crippen LogP contribution is -2.25. The lowest BCUT2D eigenvalue weighted by molar-refractivity contribution is 0.0953. The summed E-state index contributed by atoms with van der Waals surface area (Å²) in [5.74, 6) is 1.93. The standard InChI is InChI=1S/C20H18N2O4S/c1-24-16-4-2-3-14(9-16)20-22-15(11-27-20)7-8-21-19(23)13-5-6-17-18(10-13)26-12-25-17/h2-6,9-11H,7-8,12H2,1H3,(H,21,23). The van der Waals surface area contributed by atoms with Crippen molar-refractivity contribution in [1.82, 2.24) is 10.3 Å². The molecule has 6 nitrogen and oxygen atoms in total. The molecule has 0 saturated heterocycles. The van der Waals surface area contributed by atoms with Crippen LogP contribution in [0.5, 0.6) is 17.2 Å². The minimum atomic E-state index is -0.142. The van der Waals surface area contributed by atoms with Crippen molar-refractivity contribution >= 4 is 17.2 Å². The van der Waals surface area contributed by atoms with Crippen LogP contribution < -0.4 is 19.5 Å². The lowest BCUT2D eigenvalue weighted by Gasteiger charge is -2.05. The summed E-state index contributed by atoms with van der Waals surface area (Å²) >= 11 is 1.58.